The van der Waals surface area contributed by atoms with Crippen LogP contribution >= 0.6 is 11.6 Å². The van der Waals surface area contributed by atoms with Gasteiger partial charge in [0.1, 0.15) is 28.6 Å². The largest absolute Gasteiger partial charge is 0.494 e. The van der Waals surface area contributed by atoms with Gasteiger partial charge in [0, 0.05) is 19.2 Å². The molecule has 4 aromatic rings. The fourth-order valence-corrected chi connectivity index (χ4v) is 5.83. The lowest BCUT2D eigenvalue weighted by atomic mass is 10.2. The molecular weight excluding hydrogens is 532 g/mol. The van der Waals surface area contributed by atoms with Crippen molar-refractivity contribution in [3.05, 3.63) is 47.2 Å². The van der Waals surface area contributed by atoms with E-state index in [-0.39, 0.29) is 28.2 Å². The molecule has 13 heteroatoms. The van der Waals surface area contributed by atoms with E-state index in [1.54, 1.807) is 62.2 Å². The average molecular weight is 559 g/mol. The second-order valence-electron chi connectivity index (χ2n) is 8.69. The first-order chi connectivity index (χ1) is 18.3. The number of fused-ring (bicyclic) bond motifs is 1. The Balaban J connectivity index is 1.76. The second-order valence-corrected chi connectivity index (χ2v) is 11.1. The van der Waals surface area contributed by atoms with Crippen LogP contribution in [0.4, 0.5) is 0 Å². The molecular formula is C25H27ClN6O5S. The van der Waals surface area contributed by atoms with Crippen LogP contribution in [0.15, 0.2) is 36.4 Å². The molecule has 200 valence electrons. The number of halogens is 1. The molecule has 0 bridgehead atoms. The zero-order valence-corrected chi connectivity index (χ0v) is 23.0. The number of benzene rings is 1. The summed E-state index contributed by atoms with van der Waals surface area (Å²) in [5.74, 6) is 1.35. The van der Waals surface area contributed by atoms with Crippen LogP contribution in [0.25, 0.3) is 28.5 Å². The van der Waals surface area contributed by atoms with Crippen molar-refractivity contribution in [1.29, 1.82) is 0 Å². The summed E-state index contributed by atoms with van der Waals surface area (Å²) >= 11 is 6.46. The Hall–Kier alpha value is -3.48. The first kappa shape index (κ1) is 26.1. The molecule has 0 N–H and O–H groups in total. The van der Waals surface area contributed by atoms with Crippen molar-refractivity contribution in [1.82, 2.24) is 28.8 Å². The highest BCUT2D eigenvalue weighted by atomic mass is 35.5. The smallest absolute Gasteiger partial charge is 0.219 e. The van der Waals surface area contributed by atoms with Gasteiger partial charge in [-0.2, -0.15) is 0 Å². The number of sulfonamides is 1. The fraction of sp³-hybridized carbons (Fsp3) is 0.360. The highest BCUT2D eigenvalue weighted by Gasteiger charge is 2.35. The lowest BCUT2D eigenvalue weighted by molar-refractivity contribution is 0.327. The first-order valence-electron chi connectivity index (χ1n) is 12.0. The number of pyridine rings is 1. The maximum absolute atomic E-state index is 13.1. The zero-order valence-electron chi connectivity index (χ0n) is 21.4. The second kappa shape index (κ2) is 10.4. The van der Waals surface area contributed by atoms with E-state index in [2.05, 4.69) is 15.0 Å². The number of ether oxygens (including phenoxy) is 3. The van der Waals surface area contributed by atoms with Gasteiger partial charge >= 0.3 is 0 Å². The number of aromatic nitrogens is 5. The van der Waals surface area contributed by atoms with Gasteiger partial charge in [-0.1, -0.05) is 23.7 Å². The van der Waals surface area contributed by atoms with Crippen LogP contribution in [0.1, 0.15) is 25.5 Å². The van der Waals surface area contributed by atoms with Crippen molar-refractivity contribution in [2.75, 3.05) is 27.9 Å². The van der Waals surface area contributed by atoms with E-state index in [4.69, 9.17) is 30.8 Å². The third kappa shape index (κ3) is 4.86. The van der Waals surface area contributed by atoms with Gasteiger partial charge in [0.2, 0.25) is 15.9 Å². The van der Waals surface area contributed by atoms with Crippen molar-refractivity contribution in [2.45, 2.75) is 31.6 Å². The SMILES string of the molecule is CCOc1cccc(-c2nc3nc(Cl)c(CS(=O)(=O)N(C)C4CC4)nc3n2-c2c(OC)cccc2OC)n1. The van der Waals surface area contributed by atoms with E-state index in [9.17, 15) is 8.42 Å². The van der Waals surface area contributed by atoms with Gasteiger partial charge in [0.15, 0.2) is 22.3 Å². The lowest BCUT2D eigenvalue weighted by Gasteiger charge is -2.17. The Labute approximate surface area is 225 Å². The van der Waals surface area contributed by atoms with Gasteiger partial charge in [-0.3, -0.25) is 4.57 Å². The Morgan fingerprint density at radius 3 is 2.34 bits per heavy atom. The van der Waals surface area contributed by atoms with E-state index in [0.29, 0.717) is 41.2 Å². The molecule has 0 radical (unpaired) electrons. The number of hydrogen-bond donors (Lipinski definition) is 0. The molecule has 0 saturated heterocycles. The molecule has 0 spiro atoms. The molecule has 1 aliphatic rings. The Morgan fingerprint density at radius 2 is 1.71 bits per heavy atom. The van der Waals surface area contributed by atoms with Crippen LogP contribution in [-0.4, -0.2) is 71.1 Å². The Morgan fingerprint density at radius 1 is 1.03 bits per heavy atom. The van der Waals surface area contributed by atoms with Gasteiger partial charge < -0.3 is 14.2 Å². The zero-order chi connectivity index (χ0) is 27.0. The predicted octanol–water partition coefficient (Wildman–Crippen LogP) is 3.87. The highest BCUT2D eigenvalue weighted by molar-refractivity contribution is 7.88. The third-order valence-corrected chi connectivity index (χ3v) is 8.32. The normalized spacial score (nSPS) is 13.7. The minimum absolute atomic E-state index is 0.00845. The number of imidazole rings is 1. The summed E-state index contributed by atoms with van der Waals surface area (Å²) in [6.45, 7) is 2.31. The standard InChI is InChI=1S/C25H27ClN6O5S/c1-5-37-20-11-6-8-16(27-20)24-30-23-25(32(24)21-18(35-3)9-7-10-19(21)36-4)28-17(22(26)29-23)14-38(33,34)31(2)15-12-13-15/h6-11,15H,5,12-14H2,1-4H3. The van der Waals surface area contributed by atoms with E-state index < -0.39 is 15.8 Å². The summed E-state index contributed by atoms with van der Waals surface area (Å²) in [5.41, 5.74) is 1.57. The van der Waals surface area contributed by atoms with Crippen LogP contribution in [0, 0.1) is 0 Å². The molecule has 3 aromatic heterocycles. The quantitative estimate of drug-likeness (QED) is 0.285. The van der Waals surface area contributed by atoms with E-state index in [1.165, 1.54) is 4.31 Å². The van der Waals surface area contributed by atoms with Crippen molar-refractivity contribution < 1.29 is 22.6 Å². The molecule has 0 atom stereocenters. The molecule has 0 unspecified atom stereocenters. The summed E-state index contributed by atoms with van der Waals surface area (Å²) < 4.78 is 46.1. The van der Waals surface area contributed by atoms with Crippen molar-refractivity contribution in [3.8, 4) is 34.6 Å². The summed E-state index contributed by atoms with van der Waals surface area (Å²) in [6.07, 6.45) is 1.68. The van der Waals surface area contributed by atoms with Gasteiger partial charge in [-0.15, -0.1) is 0 Å². The molecule has 1 fully saturated rings. The summed E-state index contributed by atoms with van der Waals surface area (Å²) in [4.78, 5) is 18.4. The Kier molecular flexibility index (Phi) is 7.12. The number of para-hydroxylation sites is 1. The van der Waals surface area contributed by atoms with Gasteiger partial charge in [-0.05, 0) is 38.0 Å². The predicted molar refractivity (Wildman–Crippen MR) is 143 cm³/mol. The van der Waals surface area contributed by atoms with E-state index in [1.807, 2.05) is 6.92 Å². The van der Waals surface area contributed by atoms with Crippen molar-refractivity contribution in [3.63, 3.8) is 0 Å². The first-order valence-corrected chi connectivity index (χ1v) is 14.0. The number of hydrogen-bond acceptors (Lipinski definition) is 9. The molecule has 3 heterocycles. The summed E-state index contributed by atoms with van der Waals surface area (Å²) in [7, 11) is 0.994. The molecule has 1 saturated carbocycles. The maximum atomic E-state index is 13.1. The van der Waals surface area contributed by atoms with Crippen molar-refractivity contribution >= 4 is 32.9 Å². The van der Waals surface area contributed by atoms with E-state index in [0.717, 1.165) is 12.8 Å². The molecule has 1 aliphatic carbocycles. The number of nitrogens with zero attached hydrogens (tertiary/aromatic N) is 6. The topological polar surface area (TPSA) is 122 Å². The third-order valence-electron chi connectivity index (χ3n) is 6.21. The van der Waals surface area contributed by atoms with Gasteiger partial charge in [0.25, 0.3) is 0 Å². The highest BCUT2D eigenvalue weighted by Crippen LogP contribution is 2.38. The van der Waals surface area contributed by atoms with E-state index >= 15 is 0 Å². The van der Waals surface area contributed by atoms with Gasteiger partial charge in [-0.25, -0.2) is 32.7 Å². The molecule has 38 heavy (non-hydrogen) atoms. The van der Waals surface area contributed by atoms with Crippen LogP contribution in [0.3, 0.4) is 0 Å². The van der Waals surface area contributed by atoms with Crippen LogP contribution in [-0.2, 0) is 15.8 Å². The van der Waals surface area contributed by atoms with Crippen LogP contribution in [0.5, 0.6) is 17.4 Å². The summed E-state index contributed by atoms with van der Waals surface area (Å²) in [5, 5.41) is -0.0375. The molecule has 0 amide bonds. The minimum Gasteiger partial charge on any atom is -0.494 e. The fourth-order valence-electron chi connectivity index (χ4n) is 4.14. The molecule has 0 aliphatic heterocycles. The van der Waals surface area contributed by atoms with Crippen molar-refractivity contribution in [2.24, 2.45) is 0 Å². The lowest BCUT2D eigenvalue weighted by Crippen LogP contribution is -2.30. The summed E-state index contributed by atoms with van der Waals surface area (Å²) in [6, 6.07) is 10.7. The molecule has 1 aromatic carbocycles. The minimum atomic E-state index is -3.66. The number of rotatable bonds is 10. The monoisotopic (exact) mass is 558 g/mol. The number of methoxy groups -OCH3 is 2. The van der Waals surface area contributed by atoms with Crippen LogP contribution in [0.2, 0.25) is 5.15 Å². The maximum Gasteiger partial charge on any atom is 0.219 e. The molecule has 5 rings (SSSR count). The van der Waals surface area contributed by atoms with Gasteiger partial charge in [0.05, 0.1) is 26.5 Å². The Bertz CT molecular complexity index is 1580. The molecule has 11 nitrogen and oxygen atoms in total. The van der Waals surface area contributed by atoms with Crippen LogP contribution < -0.4 is 14.2 Å². The average Bonchev–Trinajstić information content (AvgIpc) is 3.69.